The molecule has 5 rings (SSSR count). The van der Waals surface area contributed by atoms with Gasteiger partial charge in [0.25, 0.3) is 0 Å². The van der Waals surface area contributed by atoms with Crippen LogP contribution >= 0.6 is 12.4 Å². The van der Waals surface area contributed by atoms with Gasteiger partial charge in [0, 0.05) is 38.6 Å². The average molecular weight is 343 g/mol. The second-order valence-corrected chi connectivity index (χ2v) is 8.76. The Labute approximate surface area is 145 Å². The van der Waals surface area contributed by atoms with Crippen molar-refractivity contribution in [2.24, 2.45) is 35.0 Å². The van der Waals surface area contributed by atoms with Crippen LogP contribution in [-0.2, 0) is 4.79 Å². The summed E-state index contributed by atoms with van der Waals surface area (Å²) >= 11 is 0. The summed E-state index contributed by atoms with van der Waals surface area (Å²) in [6.07, 6.45) is 8.97. The molecular formula is C18H31ClN2O2. The summed E-state index contributed by atoms with van der Waals surface area (Å²) in [5.74, 6) is 3.70. The molecule has 3 N–H and O–H groups in total. The van der Waals surface area contributed by atoms with Gasteiger partial charge >= 0.3 is 0 Å². The first-order valence-electron chi connectivity index (χ1n) is 9.24. The summed E-state index contributed by atoms with van der Waals surface area (Å²) in [6.45, 7) is 2.75. The lowest BCUT2D eigenvalue weighted by Crippen LogP contribution is -2.48. The zero-order valence-electron chi connectivity index (χ0n) is 13.9. The van der Waals surface area contributed by atoms with E-state index in [1.165, 1.54) is 38.5 Å². The van der Waals surface area contributed by atoms with Gasteiger partial charge in [0.1, 0.15) is 0 Å². The largest absolute Gasteiger partial charge is 0.396 e. The maximum Gasteiger partial charge on any atom is 0.220 e. The Morgan fingerprint density at radius 1 is 1.04 bits per heavy atom. The topological polar surface area (TPSA) is 61.4 Å². The lowest BCUT2D eigenvalue weighted by atomic mass is 9.49. The predicted molar refractivity (Wildman–Crippen MR) is 92.4 cm³/mol. The second kappa shape index (κ2) is 6.89. The van der Waals surface area contributed by atoms with Gasteiger partial charge in [-0.15, -0.1) is 12.4 Å². The Bertz CT molecular complexity index is 407. The molecule has 5 heteroatoms. The Balaban J connectivity index is 0.00000156. The molecule has 4 aliphatic carbocycles. The molecule has 1 saturated heterocycles. The lowest BCUT2D eigenvalue weighted by Gasteiger charge is -2.56. The van der Waals surface area contributed by atoms with Crippen LogP contribution in [0.5, 0.6) is 0 Å². The first-order chi connectivity index (χ1) is 10.7. The van der Waals surface area contributed by atoms with E-state index < -0.39 is 0 Å². The summed E-state index contributed by atoms with van der Waals surface area (Å²) in [5.41, 5.74) is 0.336. The molecule has 1 amide bonds. The van der Waals surface area contributed by atoms with E-state index in [0.717, 1.165) is 43.8 Å². The van der Waals surface area contributed by atoms with Crippen molar-refractivity contribution in [1.29, 1.82) is 0 Å². The van der Waals surface area contributed by atoms with E-state index in [4.69, 9.17) is 0 Å². The van der Waals surface area contributed by atoms with Gasteiger partial charge in [-0.1, -0.05) is 0 Å². The number of aliphatic hydroxyl groups excluding tert-OH is 1. The van der Waals surface area contributed by atoms with Gasteiger partial charge < -0.3 is 15.7 Å². The smallest absolute Gasteiger partial charge is 0.220 e. The molecule has 5 fully saturated rings. The molecule has 5 aliphatic rings. The van der Waals surface area contributed by atoms with Gasteiger partial charge in [-0.25, -0.2) is 0 Å². The first-order valence-corrected chi connectivity index (χ1v) is 9.24. The number of amides is 1. The molecule has 4 saturated carbocycles. The van der Waals surface area contributed by atoms with Crippen molar-refractivity contribution >= 4 is 18.3 Å². The van der Waals surface area contributed by atoms with Gasteiger partial charge in [-0.3, -0.25) is 4.79 Å². The summed E-state index contributed by atoms with van der Waals surface area (Å²) in [7, 11) is 0. The van der Waals surface area contributed by atoms with E-state index in [0.29, 0.717) is 17.3 Å². The van der Waals surface area contributed by atoms with Crippen molar-refractivity contribution in [3.05, 3.63) is 0 Å². The minimum atomic E-state index is 0. The third kappa shape index (κ3) is 3.54. The Kier molecular flexibility index (Phi) is 5.24. The van der Waals surface area contributed by atoms with E-state index in [2.05, 4.69) is 10.6 Å². The van der Waals surface area contributed by atoms with Crippen LogP contribution in [0, 0.1) is 35.0 Å². The molecule has 0 aromatic rings. The molecule has 0 aromatic carbocycles. The van der Waals surface area contributed by atoms with E-state index in [9.17, 15) is 9.90 Å². The maximum atomic E-state index is 12.5. The molecule has 0 radical (unpaired) electrons. The molecule has 23 heavy (non-hydrogen) atoms. The van der Waals surface area contributed by atoms with E-state index in [1.807, 2.05) is 0 Å². The number of hydrogen-bond donors (Lipinski definition) is 3. The molecule has 0 unspecified atom stereocenters. The zero-order chi connectivity index (χ0) is 15.2. The van der Waals surface area contributed by atoms with Crippen molar-refractivity contribution in [3.8, 4) is 0 Å². The average Bonchev–Trinajstić information content (AvgIpc) is 2.90. The van der Waals surface area contributed by atoms with Gasteiger partial charge in [0.2, 0.25) is 5.91 Å². The molecule has 4 nitrogen and oxygen atoms in total. The van der Waals surface area contributed by atoms with Crippen molar-refractivity contribution in [1.82, 2.24) is 10.6 Å². The van der Waals surface area contributed by atoms with E-state index in [-0.39, 0.29) is 24.9 Å². The van der Waals surface area contributed by atoms with Crippen molar-refractivity contribution in [2.45, 2.75) is 44.9 Å². The highest BCUT2D eigenvalue weighted by atomic mass is 35.5. The van der Waals surface area contributed by atoms with Crippen LogP contribution in [0.1, 0.15) is 44.9 Å². The number of aliphatic hydroxyl groups is 1. The number of hydrogen-bond acceptors (Lipinski definition) is 3. The van der Waals surface area contributed by atoms with Crippen molar-refractivity contribution in [2.75, 3.05) is 26.2 Å². The molecule has 0 aromatic heterocycles. The standard InChI is InChI=1S/C18H30N2O2.ClH/c21-11-16-9-19-8-15(16)10-20-17(22)7-18-4-12-1-13(5-18)3-14(2-12)6-18;/h12-16,19,21H,1-11H2,(H,20,22);1H/t12?,13?,14?,15-,16-,18?;/m1./s1. The minimum absolute atomic E-state index is 0. The minimum Gasteiger partial charge on any atom is -0.396 e. The maximum absolute atomic E-state index is 12.5. The van der Waals surface area contributed by atoms with Crippen LogP contribution < -0.4 is 10.6 Å². The molecule has 1 heterocycles. The fourth-order valence-electron chi connectivity index (χ4n) is 6.39. The molecule has 2 atom stereocenters. The van der Waals surface area contributed by atoms with Gasteiger partial charge in [0.05, 0.1) is 0 Å². The fraction of sp³-hybridized carbons (Fsp3) is 0.944. The van der Waals surface area contributed by atoms with Gasteiger partial charge in [-0.05, 0) is 67.6 Å². The first kappa shape index (κ1) is 17.5. The SMILES string of the molecule is Cl.O=C(CC12CC3CC(CC(C3)C1)C2)NC[C@H]1CNC[C@@H]1CO. The number of carbonyl (C=O) groups excluding carboxylic acids is 1. The van der Waals surface area contributed by atoms with E-state index in [1.54, 1.807) is 0 Å². The third-order valence-electron chi connectivity index (χ3n) is 6.98. The quantitative estimate of drug-likeness (QED) is 0.715. The monoisotopic (exact) mass is 342 g/mol. The second-order valence-electron chi connectivity index (χ2n) is 8.76. The number of nitrogens with one attached hydrogen (secondary N) is 2. The highest BCUT2D eigenvalue weighted by molar-refractivity contribution is 5.85. The van der Waals surface area contributed by atoms with Crippen molar-refractivity contribution in [3.63, 3.8) is 0 Å². The van der Waals surface area contributed by atoms with Crippen LogP contribution in [0.3, 0.4) is 0 Å². The normalized spacial score (nSPS) is 44.1. The summed E-state index contributed by atoms with van der Waals surface area (Å²) in [5, 5.41) is 15.8. The van der Waals surface area contributed by atoms with Crippen LogP contribution in [0.4, 0.5) is 0 Å². The van der Waals surface area contributed by atoms with Crippen molar-refractivity contribution < 1.29 is 9.90 Å². The molecule has 1 aliphatic heterocycles. The third-order valence-corrected chi connectivity index (χ3v) is 6.98. The molecule has 4 bridgehead atoms. The summed E-state index contributed by atoms with van der Waals surface area (Å²) in [6, 6.07) is 0. The van der Waals surface area contributed by atoms with Gasteiger partial charge in [-0.2, -0.15) is 0 Å². The highest BCUT2D eigenvalue weighted by Crippen LogP contribution is 2.61. The zero-order valence-corrected chi connectivity index (χ0v) is 14.7. The highest BCUT2D eigenvalue weighted by Gasteiger charge is 2.51. The van der Waals surface area contributed by atoms with E-state index >= 15 is 0 Å². The van der Waals surface area contributed by atoms with Gasteiger partial charge in [0.15, 0.2) is 0 Å². The predicted octanol–water partition coefficient (Wildman–Crippen LogP) is 1.96. The number of rotatable bonds is 5. The lowest BCUT2D eigenvalue weighted by molar-refractivity contribution is -0.129. The summed E-state index contributed by atoms with van der Waals surface area (Å²) < 4.78 is 0. The fourth-order valence-corrected chi connectivity index (χ4v) is 6.39. The molecular weight excluding hydrogens is 312 g/mol. The molecule has 0 spiro atoms. The Morgan fingerprint density at radius 3 is 2.17 bits per heavy atom. The summed E-state index contributed by atoms with van der Waals surface area (Å²) in [4.78, 5) is 12.5. The van der Waals surface area contributed by atoms with Crippen LogP contribution in [0.2, 0.25) is 0 Å². The van der Waals surface area contributed by atoms with Crippen LogP contribution in [0.25, 0.3) is 0 Å². The van der Waals surface area contributed by atoms with Crippen LogP contribution in [-0.4, -0.2) is 37.3 Å². The number of carbonyl (C=O) groups is 1. The number of halogens is 1. The Hall–Kier alpha value is -0.320. The van der Waals surface area contributed by atoms with Crippen LogP contribution in [0.15, 0.2) is 0 Å². The molecule has 132 valence electrons. The Morgan fingerprint density at radius 2 is 1.61 bits per heavy atom.